The maximum Gasteiger partial charge on any atom is 0.335 e. The van der Waals surface area contributed by atoms with Gasteiger partial charge < -0.3 is 14.7 Å². The summed E-state index contributed by atoms with van der Waals surface area (Å²) in [5.74, 6) is -0.325. The van der Waals surface area contributed by atoms with Crippen molar-refractivity contribution in [2.45, 2.75) is 12.0 Å². The number of fused-ring (bicyclic) bond motifs is 2. The Bertz CT molecular complexity index is 1080. The molecule has 29 heavy (non-hydrogen) atoms. The second-order valence-electron chi connectivity index (χ2n) is 7.80. The van der Waals surface area contributed by atoms with E-state index in [9.17, 15) is 9.90 Å². The van der Waals surface area contributed by atoms with E-state index >= 15 is 0 Å². The van der Waals surface area contributed by atoms with E-state index in [4.69, 9.17) is 4.74 Å². The molecule has 2 aromatic carbocycles. The maximum absolute atomic E-state index is 12.0. The summed E-state index contributed by atoms with van der Waals surface area (Å²) in [5, 5.41) is 9.84. The summed E-state index contributed by atoms with van der Waals surface area (Å²) in [6.45, 7) is 0. The molecule has 2 aromatic rings. The Morgan fingerprint density at radius 3 is 2.55 bits per heavy atom. The number of nitrogens with zero attached hydrogens (tertiary/aromatic N) is 2. The van der Waals surface area contributed by atoms with Crippen molar-refractivity contribution in [1.29, 1.82) is 0 Å². The van der Waals surface area contributed by atoms with Gasteiger partial charge >= 0.3 is 5.97 Å². The van der Waals surface area contributed by atoms with E-state index in [1.165, 1.54) is 0 Å². The minimum atomic E-state index is -0.919. The minimum Gasteiger partial charge on any atom is -0.482 e. The molecule has 5 heteroatoms. The van der Waals surface area contributed by atoms with Gasteiger partial charge in [-0.25, -0.2) is 9.37 Å². The summed E-state index contributed by atoms with van der Waals surface area (Å²) in [6.07, 6.45) is 6.00. The molecule has 2 aliphatic rings. The third kappa shape index (κ3) is 3.33. The van der Waals surface area contributed by atoms with Gasteiger partial charge in [-0.3, -0.25) is 0 Å². The van der Waals surface area contributed by atoms with E-state index in [0.29, 0.717) is 5.56 Å². The maximum atomic E-state index is 12.0. The number of anilines is 1. The first-order valence-corrected chi connectivity index (χ1v) is 9.61. The second kappa shape index (κ2) is 7.24. The molecule has 0 spiro atoms. The molecule has 1 heterocycles. The summed E-state index contributed by atoms with van der Waals surface area (Å²) in [6, 6.07) is 13.4. The molecule has 148 valence electrons. The average molecular weight is 389 g/mol. The molecular formula is C24H25N2O3+. The van der Waals surface area contributed by atoms with Crippen molar-refractivity contribution in [2.75, 3.05) is 33.1 Å². The third-order valence-corrected chi connectivity index (χ3v) is 5.51. The van der Waals surface area contributed by atoms with E-state index in [-0.39, 0.29) is 12.0 Å². The summed E-state index contributed by atoms with van der Waals surface area (Å²) in [4.78, 5) is 14.0. The van der Waals surface area contributed by atoms with Crippen LogP contribution in [0.1, 0.15) is 27.4 Å². The number of allylic oxidation sites excluding steroid dienone is 2. The van der Waals surface area contributed by atoms with E-state index < -0.39 is 5.97 Å². The molecule has 2 atom stereocenters. The van der Waals surface area contributed by atoms with E-state index in [1.807, 2.05) is 74.1 Å². The number of hydrogen-bond acceptors (Lipinski definition) is 3. The Balaban J connectivity index is 2.00. The smallest absolute Gasteiger partial charge is 0.335 e. The topological polar surface area (TPSA) is 52.8 Å². The van der Waals surface area contributed by atoms with E-state index in [0.717, 1.165) is 33.8 Å². The van der Waals surface area contributed by atoms with Crippen molar-refractivity contribution in [1.82, 2.24) is 0 Å². The van der Waals surface area contributed by atoms with Gasteiger partial charge in [0.05, 0.1) is 5.56 Å². The number of carboxylic acid groups (broad SMARTS) is 1. The molecule has 1 aliphatic carbocycles. The zero-order chi connectivity index (χ0) is 20.7. The fraction of sp³-hybridized carbons (Fsp3) is 0.250. The van der Waals surface area contributed by atoms with Crippen LogP contribution in [0.5, 0.6) is 5.75 Å². The zero-order valence-electron chi connectivity index (χ0n) is 17.1. The fourth-order valence-electron chi connectivity index (χ4n) is 3.99. The number of rotatable bonds is 3. The van der Waals surface area contributed by atoms with Crippen LogP contribution < -0.4 is 9.64 Å². The molecule has 0 saturated carbocycles. The lowest BCUT2D eigenvalue weighted by Gasteiger charge is -2.36. The molecule has 0 bridgehead atoms. The average Bonchev–Trinajstić information content (AvgIpc) is 2.71. The highest BCUT2D eigenvalue weighted by atomic mass is 16.5. The first-order chi connectivity index (χ1) is 13.9. The van der Waals surface area contributed by atoms with Crippen LogP contribution in [-0.4, -0.2) is 55.7 Å². The molecule has 0 radical (unpaired) electrons. The summed E-state index contributed by atoms with van der Waals surface area (Å²) >= 11 is 0. The molecule has 2 unspecified atom stereocenters. The summed E-state index contributed by atoms with van der Waals surface area (Å²) < 4.78 is 8.35. The number of aromatic carboxylic acids is 1. The van der Waals surface area contributed by atoms with Gasteiger partial charge in [0.25, 0.3) is 0 Å². The molecule has 1 aliphatic heterocycles. The first-order valence-electron chi connectivity index (χ1n) is 9.61. The highest BCUT2D eigenvalue weighted by Gasteiger charge is 2.37. The number of benzene rings is 2. The molecule has 4 rings (SSSR count). The van der Waals surface area contributed by atoms with Crippen molar-refractivity contribution < 1.29 is 19.2 Å². The molecule has 1 N–H and O–H groups in total. The van der Waals surface area contributed by atoms with Crippen LogP contribution in [0.15, 0.2) is 66.3 Å². The van der Waals surface area contributed by atoms with Crippen LogP contribution in [0.2, 0.25) is 0 Å². The lowest BCUT2D eigenvalue weighted by atomic mass is 9.76. The van der Waals surface area contributed by atoms with Gasteiger partial charge in [-0.2, -0.15) is 0 Å². The van der Waals surface area contributed by atoms with Gasteiger partial charge in [0, 0.05) is 43.4 Å². The molecule has 0 aromatic heterocycles. The number of carbonyl (C=O) groups is 1. The monoisotopic (exact) mass is 389 g/mol. The van der Waals surface area contributed by atoms with E-state index in [2.05, 4.69) is 12.1 Å². The number of ether oxygens (including phenoxy) is 1. The Morgan fingerprint density at radius 1 is 1.10 bits per heavy atom. The van der Waals surface area contributed by atoms with Crippen LogP contribution in [0.4, 0.5) is 5.69 Å². The predicted molar refractivity (Wildman–Crippen MR) is 115 cm³/mol. The first kappa shape index (κ1) is 19.0. The SMILES string of the molecule is CN(C)c1ccc2c(c1)C(c1ccccc1C(=O)O)C1=CC(=[N+](C)C)C=CC1O2. The van der Waals surface area contributed by atoms with Gasteiger partial charge in [-0.05, 0) is 41.5 Å². The van der Waals surface area contributed by atoms with Gasteiger partial charge in [-0.1, -0.05) is 18.2 Å². The fourth-order valence-corrected chi connectivity index (χ4v) is 3.99. The number of hydrogen-bond donors (Lipinski definition) is 1. The number of carboxylic acids is 1. The Hall–Kier alpha value is -3.34. The minimum absolute atomic E-state index is 0.198. The van der Waals surface area contributed by atoms with Crippen molar-refractivity contribution >= 4 is 17.4 Å². The van der Waals surface area contributed by atoms with E-state index in [1.54, 1.807) is 12.1 Å². The standard InChI is InChI=1S/C24H24N2O3/c1-25(2)15-9-11-21-19(13-15)23(17-7-5-6-8-18(17)24(27)28)20-14-16(26(3)4)10-12-22(20)29-21/h5-14,21,23H,1-4H3/p+1. The van der Waals surface area contributed by atoms with Crippen molar-refractivity contribution in [3.63, 3.8) is 0 Å². The molecule has 0 saturated heterocycles. The van der Waals surface area contributed by atoms with Crippen molar-refractivity contribution in [3.8, 4) is 5.75 Å². The van der Waals surface area contributed by atoms with Crippen LogP contribution in [0.3, 0.4) is 0 Å². The van der Waals surface area contributed by atoms with Gasteiger partial charge in [-0.15, -0.1) is 0 Å². The lowest BCUT2D eigenvalue weighted by molar-refractivity contribution is -0.462. The zero-order valence-corrected chi connectivity index (χ0v) is 17.1. The summed E-state index contributed by atoms with van der Waals surface area (Å²) in [5.41, 5.74) is 5.25. The lowest BCUT2D eigenvalue weighted by Crippen LogP contribution is -2.32. The molecule has 0 amide bonds. The largest absolute Gasteiger partial charge is 0.482 e. The summed E-state index contributed by atoms with van der Waals surface area (Å²) in [7, 11) is 7.99. The molecule has 0 fully saturated rings. The van der Waals surface area contributed by atoms with Crippen LogP contribution >= 0.6 is 0 Å². The second-order valence-corrected chi connectivity index (χ2v) is 7.80. The highest BCUT2D eigenvalue weighted by Crippen LogP contribution is 2.47. The Kier molecular flexibility index (Phi) is 4.74. The van der Waals surface area contributed by atoms with Gasteiger partial charge in [0.1, 0.15) is 25.9 Å². The predicted octanol–water partition coefficient (Wildman–Crippen LogP) is 3.55. The quantitative estimate of drug-likeness (QED) is 0.816. The third-order valence-electron chi connectivity index (χ3n) is 5.51. The Labute approximate surface area is 170 Å². The van der Waals surface area contributed by atoms with Crippen LogP contribution in [0.25, 0.3) is 0 Å². The van der Waals surface area contributed by atoms with Crippen LogP contribution in [0, 0.1) is 0 Å². The highest BCUT2D eigenvalue weighted by molar-refractivity contribution is 6.02. The van der Waals surface area contributed by atoms with Crippen LogP contribution in [-0.2, 0) is 0 Å². The molecular weight excluding hydrogens is 364 g/mol. The molecule has 5 nitrogen and oxygen atoms in total. The van der Waals surface area contributed by atoms with Gasteiger partial charge in [0.15, 0.2) is 5.71 Å². The van der Waals surface area contributed by atoms with Gasteiger partial charge in [0.2, 0.25) is 0 Å². The normalized spacial score (nSPS) is 19.6. The van der Waals surface area contributed by atoms with Crippen molar-refractivity contribution in [2.24, 2.45) is 0 Å². The Morgan fingerprint density at radius 2 is 1.86 bits per heavy atom. The van der Waals surface area contributed by atoms with Crippen molar-refractivity contribution in [3.05, 3.63) is 83.0 Å².